The third-order valence-corrected chi connectivity index (χ3v) is 13.4. The van der Waals surface area contributed by atoms with Crippen LogP contribution in [-0.4, -0.2) is 126 Å². The van der Waals surface area contributed by atoms with E-state index < -0.39 is 105 Å². The highest BCUT2D eigenvalue weighted by molar-refractivity contribution is 8.00. The molecule has 1 aromatic heterocycles. The molecule has 5 amide bonds. The van der Waals surface area contributed by atoms with Gasteiger partial charge < -0.3 is 46.4 Å². The summed E-state index contributed by atoms with van der Waals surface area (Å²) in [6.45, 7) is 10.5. The summed E-state index contributed by atoms with van der Waals surface area (Å²) in [7, 11) is -3.84. The summed E-state index contributed by atoms with van der Waals surface area (Å²) in [4.78, 5) is 89.5. The van der Waals surface area contributed by atoms with Gasteiger partial charge in [0.2, 0.25) is 29.5 Å². The number of aliphatic carboxylic acids is 1. The summed E-state index contributed by atoms with van der Waals surface area (Å²) in [6, 6.07) is 12.5. The fourth-order valence-electron chi connectivity index (χ4n) is 7.66. The number of benzene rings is 2. The first-order chi connectivity index (χ1) is 32.3. The van der Waals surface area contributed by atoms with Gasteiger partial charge >= 0.3 is 5.97 Å². The van der Waals surface area contributed by atoms with E-state index in [4.69, 9.17) is 10.8 Å². The molecule has 0 saturated carbocycles. The van der Waals surface area contributed by atoms with Gasteiger partial charge in [0.1, 0.15) is 23.5 Å². The Morgan fingerprint density at radius 3 is 2.14 bits per heavy atom. The van der Waals surface area contributed by atoms with E-state index in [1.807, 2.05) is 55.7 Å². The summed E-state index contributed by atoms with van der Waals surface area (Å²) in [5, 5.41) is 19.0. The molecule has 0 bridgehead atoms. The predicted molar refractivity (Wildman–Crippen MR) is 260 cm³/mol. The maximum Gasteiger partial charge on any atom is 0.303 e. The summed E-state index contributed by atoms with van der Waals surface area (Å²) < 4.78 is 57.2. The van der Waals surface area contributed by atoms with E-state index in [0.717, 1.165) is 35.5 Å². The second-order valence-corrected chi connectivity index (χ2v) is 22.0. The molecule has 0 spiro atoms. The largest absolute Gasteiger partial charge is 0.481 e. The van der Waals surface area contributed by atoms with Crippen LogP contribution >= 0.6 is 11.8 Å². The van der Waals surface area contributed by atoms with Crippen LogP contribution in [0, 0.1) is 22.5 Å². The molecule has 0 aliphatic rings. The molecule has 380 valence electrons. The molecule has 2 atom stereocenters. The lowest BCUT2D eigenvalue weighted by Crippen LogP contribution is -2.49. The summed E-state index contributed by atoms with van der Waals surface area (Å²) in [6.07, 6.45) is 1.36. The first-order valence-corrected chi connectivity index (χ1v) is 25.6. The van der Waals surface area contributed by atoms with Gasteiger partial charge in [-0.05, 0) is 60.5 Å². The van der Waals surface area contributed by atoms with Crippen LogP contribution in [0.3, 0.4) is 0 Å². The number of carboxylic acids is 1. The number of sulfone groups is 1. The van der Waals surface area contributed by atoms with E-state index in [2.05, 4.69) is 21.3 Å². The number of nitrogens with two attached hydrogens (primary N) is 1. The van der Waals surface area contributed by atoms with Crippen LogP contribution in [0.15, 0.2) is 60.8 Å². The van der Waals surface area contributed by atoms with E-state index in [1.54, 1.807) is 31.0 Å². The number of carbonyl (C=O) groups excluding carboxylic acids is 6. The number of Topliss-reactive ketones (excluding diaryl/α,β-unsaturated/α-hetero) is 1. The molecule has 0 aliphatic heterocycles. The second-order valence-electron chi connectivity index (χ2n) is 18.7. The number of hydrogen-bond donors (Lipinski definition) is 6. The minimum Gasteiger partial charge on any atom is -0.481 e. The Hall–Kier alpha value is -5.67. The molecule has 3 rings (SSSR count). The summed E-state index contributed by atoms with van der Waals surface area (Å²) >= 11 is 1.01. The first kappa shape index (κ1) is 57.6. The predicted octanol–water partition coefficient (Wildman–Crippen LogP) is 3.99. The van der Waals surface area contributed by atoms with Gasteiger partial charge in [-0.1, -0.05) is 65.0 Å². The molecular formula is C48H67F2N7O10S2. The van der Waals surface area contributed by atoms with Crippen molar-refractivity contribution in [2.75, 3.05) is 55.7 Å². The molecule has 69 heavy (non-hydrogen) atoms. The van der Waals surface area contributed by atoms with E-state index in [-0.39, 0.29) is 67.8 Å². The highest BCUT2D eigenvalue weighted by atomic mass is 32.2. The fourth-order valence-corrected chi connectivity index (χ4v) is 9.62. The molecule has 7 N–H and O–H groups in total. The van der Waals surface area contributed by atoms with Crippen LogP contribution in [0.25, 0.3) is 11.1 Å². The monoisotopic (exact) mass is 1000 g/mol. The topological polar surface area (TPSA) is 256 Å². The van der Waals surface area contributed by atoms with Gasteiger partial charge in [0, 0.05) is 74.2 Å². The van der Waals surface area contributed by atoms with Crippen molar-refractivity contribution in [2.45, 2.75) is 92.3 Å². The number of nitrogens with zero attached hydrogens (tertiary/aromatic N) is 2. The van der Waals surface area contributed by atoms with Crippen molar-refractivity contribution in [3.05, 3.63) is 83.7 Å². The third-order valence-electron chi connectivity index (χ3n) is 10.7. The zero-order valence-electron chi connectivity index (χ0n) is 40.2. The quantitative estimate of drug-likeness (QED) is 0.0578. The Balaban J connectivity index is 1.74. The molecule has 0 unspecified atom stereocenters. The molecule has 21 heteroatoms. The van der Waals surface area contributed by atoms with Gasteiger partial charge in [-0.2, -0.15) is 0 Å². The normalized spacial score (nSPS) is 12.7. The van der Waals surface area contributed by atoms with Crippen LogP contribution in [0.2, 0.25) is 0 Å². The molecule has 0 saturated heterocycles. The summed E-state index contributed by atoms with van der Waals surface area (Å²) in [5.74, 6) is -6.93. The van der Waals surface area contributed by atoms with E-state index in [1.165, 1.54) is 6.92 Å². The molecule has 1 heterocycles. The molecular weight excluding hydrogens is 937 g/mol. The minimum atomic E-state index is -3.84. The van der Waals surface area contributed by atoms with Crippen molar-refractivity contribution in [1.29, 1.82) is 0 Å². The van der Waals surface area contributed by atoms with Gasteiger partial charge in [-0.15, -0.1) is 11.8 Å². The third kappa shape index (κ3) is 20.4. The summed E-state index contributed by atoms with van der Waals surface area (Å²) in [5.41, 5.74) is 6.73. The number of aromatic nitrogens is 1. The van der Waals surface area contributed by atoms with Crippen molar-refractivity contribution >= 4 is 62.9 Å². The second kappa shape index (κ2) is 26.9. The number of nitrogens with one attached hydrogen (secondary N) is 4. The van der Waals surface area contributed by atoms with Gasteiger partial charge in [-0.3, -0.25) is 28.8 Å². The van der Waals surface area contributed by atoms with Gasteiger partial charge in [-0.25, -0.2) is 17.2 Å². The van der Waals surface area contributed by atoms with Crippen molar-refractivity contribution < 1.29 is 55.9 Å². The Morgan fingerprint density at radius 2 is 1.52 bits per heavy atom. The lowest BCUT2D eigenvalue weighted by atomic mass is 9.83. The van der Waals surface area contributed by atoms with Gasteiger partial charge in [0.05, 0.1) is 36.3 Å². The van der Waals surface area contributed by atoms with Gasteiger partial charge in [0.15, 0.2) is 9.84 Å². The van der Waals surface area contributed by atoms with E-state index in [0.29, 0.717) is 24.2 Å². The minimum absolute atomic E-state index is 0.00774. The molecule has 0 radical (unpaired) electrons. The standard InChI is InChI=1S/C48H67F2N7O10S2/c1-32(58)25-48(5,6)26-41(60)54-27-42(61)52-18-21-69(66,67)22-19-53-46(65)38(55-40(59)15-16-44(63)64)30-68-31-43(62)57(20-10-17-51)45(47(2,3)4)39-23-34(36-24-35(49)13-14-37(36)50)29-56(39)28-33-11-8-7-9-12-33/h7-9,11-14,23-24,29,38,45H,10,15-22,25-28,30-31,51H2,1-6H3,(H,52,61)(H,53,65)(H,54,60)(H,55,59)(H,63,64)/t38-,45-/m0/s1. The maximum atomic E-state index is 15.2. The number of carboxylic acid groups (broad SMARTS) is 1. The lowest BCUT2D eigenvalue weighted by molar-refractivity contribution is -0.139. The van der Waals surface area contributed by atoms with Crippen molar-refractivity contribution in [1.82, 2.24) is 30.7 Å². The van der Waals surface area contributed by atoms with Crippen LogP contribution in [0.1, 0.15) is 90.9 Å². The zero-order chi connectivity index (χ0) is 51.5. The lowest BCUT2D eigenvalue weighted by Gasteiger charge is -2.41. The van der Waals surface area contributed by atoms with Crippen LogP contribution < -0.4 is 27.0 Å². The number of thioether (sulfide) groups is 1. The fraction of sp³-hybridized carbons (Fsp3) is 0.521. The van der Waals surface area contributed by atoms with E-state index in [9.17, 15) is 46.4 Å². The molecule has 0 fully saturated rings. The number of rotatable bonds is 29. The number of amides is 5. The van der Waals surface area contributed by atoms with Crippen LogP contribution in [0.5, 0.6) is 0 Å². The Bertz CT molecular complexity index is 2370. The average Bonchev–Trinajstić information content (AvgIpc) is 3.64. The first-order valence-electron chi connectivity index (χ1n) is 22.6. The number of ketones is 1. The highest BCUT2D eigenvalue weighted by Crippen LogP contribution is 2.41. The zero-order valence-corrected chi connectivity index (χ0v) is 41.8. The number of halogens is 2. The van der Waals surface area contributed by atoms with Crippen molar-refractivity contribution in [3.63, 3.8) is 0 Å². The van der Waals surface area contributed by atoms with Crippen LogP contribution in [-0.2, 0) is 49.9 Å². The Labute approximate surface area is 407 Å². The smallest absolute Gasteiger partial charge is 0.303 e. The SMILES string of the molecule is CC(=O)CC(C)(C)CC(=O)NCC(=O)NCCS(=O)(=O)CCNC(=O)[C@H](CSCC(=O)N(CCCN)[C@@H](c1cc(-c2cc(F)ccc2F)cn1Cc1ccccc1)C(C)(C)C)NC(=O)CCC(=O)O. The maximum absolute atomic E-state index is 15.2. The van der Waals surface area contributed by atoms with Crippen LogP contribution in [0.4, 0.5) is 8.78 Å². The number of hydrogen-bond acceptors (Lipinski definition) is 11. The van der Waals surface area contributed by atoms with Gasteiger partial charge in [0.25, 0.3) is 0 Å². The van der Waals surface area contributed by atoms with Crippen molar-refractivity contribution in [2.24, 2.45) is 16.6 Å². The van der Waals surface area contributed by atoms with E-state index >= 15 is 4.39 Å². The molecule has 3 aromatic rings. The molecule has 0 aliphatic carbocycles. The van der Waals surface area contributed by atoms with Crippen molar-refractivity contribution in [3.8, 4) is 11.1 Å². The Morgan fingerprint density at radius 1 is 0.855 bits per heavy atom. The molecule has 2 aromatic carbocycles. The average molecular weight is 1000 g/mol. The Kier molecular flexibility index (Phi) is 22.5. The number of carbonyl (C=O) groups is 7. The highest BCUT2D eigenvalue weighted by Gasteiger charge is 2.37. The molecule has 17 nitrogen and oxygen atoms in total.